The van der Waals surface area contributed by atoms with E-state index in [9.17, 15) is 14.4 Å². The number of epoxide rings is 1. The fourth-order valence-electron chi connectivity index (χ4n) is 9.78. The third-order valence-corrected chi connectivity index (χ3v) is 12.9. The molecule has 4 aliphatic carbocycles. The molecule has 3 saturated carbocycles. The van der Waals surface area contributed by atoms with Crippen molar-refractivity contribution >= 4 is 25.9 Å². The van der Waals surface area contributed by atoms with Crippen molar-refractivity contribution < 1.29 is 28.3 Å². The van der Waals surface area contributed by atoms with Crippen molar-refractivity contribution in [2.24, 2.45) is 40.4 Å². The molecule has 10 atom stereocenters. The molecule has 0 aromatic heterocycles. The molecule has 6 rings (SSSR count). The van der Waals surface area contributed by atoms with Crippen LogP contribution in [-0.4, -0.2) is 50.3 Å². The highest BCUT2D eigenvalue weighted by molar-refractivity contribution is 6.69. The number of hydrogen-bond acceptors (Lipinski definition) is 6. The molecule has 6 aliphatic rings. The minimum absolute atomic E-state index is 0.00791. The van der Waals surface area contributed by atoms with E-state index in [-0.39, 0.29) is 47.0 Å². The van der Waals surface area contributed by atoms with Crippen molar-refractivity contribution in [1.82, 2.24) is 0 Å². The molecule has 6 nitrogen and oxygen atoms in total. The van der Waals surface area contributed by atoms with Gasteiger partial charge in [-0.2, -0.15) is 0 Å². The maximum atomic E-state index is 13.3. The maximum absolute atomic E-state index is 13.3. The Morgan fingerprint density at radius 3 is 2.45 bits per heavy atom. The van der Waals surface area contributed by atoms with Gasteiger partial charge in [0.25, 0.3) is 0 Å². The molecule has 0 radical (unpaired) electrons. The zero-order valence-corrected chi connectivity index (χ0v) is 25.1. The predicted molar refractivity (Wildman–Crippen MR) is 146 cm³/mol. The minimum Gasteiger partial charge on any atom is -0.458 e. The zero-order chi connectivity index (χ0) is 27.4. The highest BCUT2D eigenvalue weighted by Gasteiger charge is 2.80. The molecule has 0 N–H and O–H groups in total. The second kappa shape index (κ2) is 8.47. The van der Waals surface area contributed by atoms with Crippen LogP contribution in [0.1, 0.15) is 66.2 Å². The number of rotatable bonds is 5. The first-order chi connectivity index (χ1) is 17.7. The number of carbonyl (C=O) groups excluding carboxylic acids is 3. The maximum Gasteiger partial charge on any atom is 0.336 e. The zero-order valence-electron chi connectivity index (χ0n) is 24.1. The Kier molecular flexibility index (Phi) is 5.93. The van der Waals surface area contributed by atoms with Crippen LogP contribution in [-0.2, 0) is 28.3 Å². The number of esters is 1. The first-order valence-electron chi connectivity index (χ1n) is 14.7. The monoisotopic (exact) mass is 540 g/mol. The molecule has 38 heavy (non-hydrogen) atoms. The van der Waals surface area contributed by atoms with E-state index in [2.05, 4.69) is 40.4 Å². The van der Waals surface area contributed by atoms with Gasteiger partial charge in [-0.3, -0.25) is 9.59 Å². The summed E-state index contributed by atoms with van der Waals surface area (Å²) < 4.78 is 18.3. The largest absolute Gasteiger partial charge is 0.458 e. The van der Waals surface area contributed by atoms with E-state index in [4.69, 9.17) is 13.9 Å². The summed E-state index contributed by atoms with van der Waals surface area (Å²) in [6.45, 7) is 15.6. The van der Waals surface area contributed by atoms with E-state index >= 15 is 0 Å². The van der Waals surface area contributed by atoms with Gasteiger partial charge in [0.2, 0.25) is 0 Å². The van der Waals surface area contributed by atoms with Gasteiger partial charge in [0, 0.05) is 6.42 Å². The number of ether oxygens (including phenoxy) is 2. The summed E-state index contributed by atoms with van der Waals surface area (Å²) in [4.78, 5) is 39.4. The number of fused-ring (bicyclic) bond motifs is 4. The van der Waals surface area contributed by atoms with Gasteiger partial charge in [0.15, 0.2) is 25.5 Å². The van der Waals surface area contributed by atoms with Gasteiger partial charge in [-0.15, -0.1) is 0 Å². The Bertz CT molecular complexity index is 1150. The number of carbonyl (C=O) groups is 3. The number of ketones is 2. The molecule has 0 amide bonds. The summed E-state index contributed by atoms with van der Waals surface area (Å²) in [5, 5.41) is 0. The molecular formula is C31H44O6Si. The van der Waals surface area contributed by atoms with Crippen LogP contribution < -0.4 is 0 Å². The van der Waals surface area contributed by atoms with Gasteiger partial charge in [0.05, 0.1) is 23.7 Å². The Labute approximate surface area is 228 Å². The SMILES string of the molecule is CC1=C(CO[Si](C)(C)C)C(=O)O[C@@H]([C@@H](C)[C@H]2CC[C@H]3[C@@H]4C[C@H]5O[C@]56C(=O)C=CC(=O)[C@]6(C)[C@H]4CC[C@]23C)C1. The van der Waals surface area contributed by atoms with Crippen molar-refractivity contribution in [3.05, 3.63) is 23.3 Å². The lowest BCUT2D eigenvalue weighted by Crippen LogP contribution is -2.62. The van der Waals surface area contributed by atoms with Crippen LogP contribution >= 0.6 is 0 Å². The van der Waals surface area contributed by atoms with E-state index in [0.717, 1.165) is 44.1 Å². The minimum atomic E-state index is -1.73. The second-order valence-corrected chi connectivity index (χ2v) is 19.1. The molecule has 0 aromatic rings. The van der Waals surface area contributed by atoms with Crippen LogP contribution in [0.25, 0.3) is 0 Å². The van der Waals surface area contributed by atoms with Crippen molar-refractivity contribution in [2.75, 3.05) is 6.61 Å². The molecule has 0 unspecified atom stereocenters. The highest BCUT2D eigenvalue weighted by atomic mass is 28.4. The first kappa shape index (κ1) is 26.6. The third kappa shape index (κ3) is 3.53. The summed E-state index contributed by atoms with van der Waals surface area (Å²) in [5.74, 6) is 1.65. The first-order valence-corrected chi connectivity index (χ1v) is 18.1. The van der Waals surface area contributed by atoms with E-state index in [0.29, 0.717) is 29.9 Å². The molecule has 208 valence electrons. The summed E-state index contributed by atoms with van der Waals surface area (Å²) >= 11 is 0. The molecular weight excluding hydrogens is 496 g/mol. The van der Waals surface area contributed by atoms with Crippen LogP contribution in [0.2, 0.25) is 19.6 Å². The van der Waals surface area contributed by atoms with Gasteiger partial charge in [0.1, 0.15) is 6.10 Å². The molecule has 2 aliphatic heterocycles. The molecule has 0 bridgehead atoms. The normalized spacial score (nSPS) is 46.7. The van der Waals surface area contributed by atoms with Crippen molar-refractivity contribution in [2.45, 2.75) is 104 Å². The topological polar surface area (TPSA) is 82.2 Å². The summed E-state index contributed by atoms with van der Waals surface area (Å²) in [5.41, 5.74) is 0.295. The fourth-order valence-corrected chi connectivity index (χ4v) is 10.4. The number of allylic oxidation sites excluding steroid dienone is 1. The lowest BCUT2D eigenvalue weighted by Gasteiger charge is -2.57. The molecule has 4 fully saturated rings. The van der Waals surface area contributed by atoms with Gasteiger partial charge in [-0.05, 0) is 113 Å². The van der Waals surface area contributed by atoms with Crippen LogP contribution in [0.4, 0.5) is 0 Å². The van der Waals surface area contributed by atoms with Gasteiger partial charge in [-0.1, -0.05) is 19.4 Å². The molecule has 1 spiro atoms. The fraction of sp³-hybridized carbons (Fsp3) is 0.774. The lowest BCUT2D eigenvalue weighted by atomic mass is 9.44. The van der Waals surface area contributed by atoms with Crippen LogP contribution in [0.15, 0.2) is 23.3 Å². The predicted octanol–water partition coefficient (Wildman–Crippen LogP) is 5.42. The third-order valence-electron chi connectivity index (χ3n) is 11.9. The molecule has 0 aromatic carbocycles. The van der Waals surface area contributed by atoms with E-state index < -0.39 is 19.3 Å². The smallest absolute Gasteiger partial charge is 0.336 e. The number of cyclic esters (lactones) is 1. The summed E-state index contributed by atoms with van der Waals surface area (Å²) in [7, 11) is -1.73. The lowest BCUT2D eigenvalue weighted by molar-refractivity contribution is -0.155. The molecule has 7 heteroatoms. The van der Waals surface area contributed by atoms with E-state index in [1.54, 1.807) is 0 Å². The summed E-state index contributed by atoms with van der Waals surface area (Å²) in [6, 6.07) is 0. The molecule has 2 heterocycles. The van der Waals surface area contributed by atoms with Crippen molar-refractivity contribution in [3.63, 3.8) is 0 Å². The van der Waals surface area contributed by atoms with Gasteiger partial charge in [-0.25, -0.2) is 4.79 Å². The van der Waals surface area contributed by atoms with Crippen LogP contribution in [0.5, 0.6) is 0 Å². The quantitative estimate of drug-likeness (QED) is 0.263. The van der Waals surface area contributed by atoms with E-state index in [1.165, 1.54) is 12.2 Å². The Hall–Kier alpha value is -1.57. The Morgan fingerprint density at radius 2 is 1.76 bits per heavy atom. The average molecular weight is 541 g/mol. The van der Waals surface area contributed by atoms with E-state index in [1.807, 2.05) is 6.92 Å². The average Bonchev–Trinajstić information content (AvgIpc) is 3.47. The van der Waals surface area contributed by atoms with Gasteiger partial charge >= 0.3 is 5.97 Å². The Morgan fingerprint density at radius 1 is 1.05 bits per heavy atom. The standard InChI is InChI=1S/C31H44O6Si/c1-17-14-24(36-28(34)20(17)16-35-38(5,6)7)18(2)21-8-9-22-19-15-27-31(37-27)26(33)11-10-25(32)30(31,4)23(19)12-13-29(21,22)3/h10-11,18-19,21-24,27H,8-9,12-16H2,1-7H3/t18-,19-,21+,22-,23-,24+,27+,29+,30-,31+/m0/s1. The highest BCUT2D eigenvalue weighted by Crippen LogP contribution is 2.72. The van der Waals surface area contributed by atoms with Gasteiger partial charge < -0.3 is 13.9 Å². The molecule has 1 saturated heterocycles. The second-order valence-electron chi connectivity index (χ2n) is 14.6. The van der Waals surface area contributed by atoms with Crippen molar-refractivity contribution in [3.8, 4) is 0 Å². The van der Waals surface area contributed by atoms with Crippen LogP contribution in [0.3, 0.4) is 0 Å². The van der Waals surface area contributed by atoms with Crippen LogP contribution in [0, 0.1) is 40.4 Å². The summed E-state index contributed by atoms with van der Waals surface area (Å²) in [6.07, 6.45) is 8.63. The Balaban J connectivity index is 1.21. The van der Waals surface area contributed by atoms with Crippen molar-refractivity contribution in [1.29, 1.82) is 0 Å². The number of hydrogen-bond donors (Lipinski definition) is 0.